The van der Waals surface area contributed by atoms with E-state index in [-0.39, 0.29) is 32.7 Å². The third-order valence-corrected chi connectivity index (χ3v) is 5.15. The summed E-state index contributed by atoms with van der Waals surface area (Å²) in [7, 11) is 0. The molecule has 0 radical (unpaired) electrons. The van der Waals surface area contributed by atoms with Gasteiger partial charge in [0.2, 0.25) is 0 Å². The number of nitrogens with zero attached hydrogens (tertiary/aromatic N) is 4. The lowest BCUT2D eigenvalue weighted by Gasteiger charge is -2.13. The predicted molar refractivity (Wildman–Crippen MR) is 116 cm³/mol. The molecule has 36 heavy (non-hydrogen) atoms. The van der Waals surface area contributed by atoms with Crippen molar-refractivity contribution >= 4 is 11.1 Å². The third-order valence-electron chi connectivity index (χ3n) is 5.15. The first kappa shape index (κ1) is 25.6. The SMILES string of the molecule is N#CC(C#N)=c1cc(-c2cccc(C(F)(F)F)c2)c(=C(C#N)C#N)cc1-c1cccc(C(F)(F)F)c1. The maximum absolute atomic E-state index is 13.3. The van der Waals surface area contributed by atoms with Crippen LogP contribution < -0.4 is 10.4 Å². The highest BCUT2D eigenvalue weighted by atomic mass is 19.4. The average Bonchev–Trinajstić information content (AvgIpc) is 2.85. The van der Waals surface area contributed by atoms with Crippen LogP contribution in [0.4, 0.5) is 26.3 Å². The molecule has 0 fully saturated rings. The second-order valence-electron chi connectivity index (χ2n) is 7.30. The van der Waals surface area contributed by atoms with Gasteiger partial charge in [-0.05, 0) is 58.7 Å². The molecule has 0 amide bonds. The average molecular weight is 492 g/mol. The fourth-order valence-corrected chi connectivity index (χ4v) is 3.51. The minimum absolute atomic E-state index is 0.0881. The molecule has 0 N–H and O–H groups in total. The quantitative estimate of drug-likeness (QED) is 0.445. The minimum atomic E-state index is -4.72. The van der Waals surface area contributed by atoms with Crippen LogP contribution in [0, 0.1) is 45.3 Å². The van der Waals surface area contributed by atoms with Crippen molar-refractivity contribution in [3.05, 3.63) is 82.2 Å². The van der Waals surface area contributed by atoms with E-state index in [9.17, 15) is 47.4 Å². The molecule has 3 rings (SSSR count). The van der Waals surface area contributed by atoms with Gasteiger partial charge in [-0.3, -0.25) is 0 Å². The molecule has 0 heterocycles. The Morgan fingerprint density at radius 2 is 0.861 bits per heavy atom. The monoisotopic (exact) mass is 492 g/mol. The molecule has 3 aromatic carbocycles. The fraction of sp³-hybridized carbons (Fsp3) is 0.0769. The van der Waals surface area contributed by atoms with Crippen LogP contribution in [-0.2, 0) is 12.4 Å². The molecular formula is C26H10F6N4. The van der Waals surface area contributed by atoms with Gasteiger partial charge in [-0.1, -0.05) is 24.3 Å². The Hall–Kier alpha value is -5.06. The molecule has 3 aromatic rings. The predicted octanol–water partition coefficient (Wildman–Crippen LogP) is 5.45. The van der Waals surface area contributed by atoms with E-state index in [0.717, 1.165) is 48.5 Å². The van der Waals surface area contributed by atoms with Crippen molar-refractivity contribution in [3.8, 4) is 46.5 Å². The Bertz CT molecular complexity index is 1500. The number of alkyl halides is 6. The van der Waals surface area contributed by atoms with E-state index in [4.69, 9.17) is 0 Å². The van der Waals surface area contributed by atoms with Crippen LogP contribution in [0.15, 0.2) is 60.7 Å². The van der Waals surface area contributed by atoms with Gasteiger partial charge in [0.25, 0.3) is 0 Å². The van der Waals surface area contributed by atoms with Crippen LogP contribution in [-0.4, -0.2) is 0 Å². The number of nitriles is 4. The normalized spacial score (nSPS) is 10.9. The molecule has 0 aliphatic rings. The summed E-state index contributed by atoms with van der Waals surface area (Å²) in [5.41, 5.74) is -3.48. The first-order valence-corrected chi connectivity index (χ1v) is 9.83. The summed E-state index contributed by atoms with van der Waals surface area (Å²) < 4.78 is 79.9. The van der Waals surface area contributed by atoms with Crippen LogP contribution >= 0.6 is 0 Å². The number of rotatable bonds is 2. The lowest BCUT2D eigenvalue weighted by Crippen LogP contribution is -2.20. The van der Waals surface area contributed by atoms with Gasteiger partial charge in [0.15, 0.2) is 0 Å². The maximum atomic E-state index is 13.3. The lowest BCUT2D eigenvalue weighted by molar-refractivity contribution is -0.138. The second kappa shape index (κ2) is 9.66. The first-order chi connectivity index (χ1) is 16.9. The van der Waals surface area contributed by atoms with Gasteiger partial charge >= 0.3 is 12.4 Å². The highest BCUT2D eigenvalue weighted by Gasteiger charge is 2.31. The van der Waals surface area contributed by atoms with E-state index >= 15 is 0 Å². The molecular weight excluding hydrogens is 482 g/mol. The summed E-state index contributed by atoms with van der Waals surface area (Å²) in [5, 5.41) is 37.5. The van der Waals surface area contributed by atoms with Crippen molar-refractivity contribution in [2.75, 3.05) is 0 Å². The largest absolute Gasteiger partial charge is 0.416 e. The summed E-state index contributed by atoms with van der Waals surface area (Å²) in [6.07, 6.45) is -9.44. The summed E-state index contributed by atoms with van der Waals surface area (Å²) in [6.45, 7) is 0. The van der Waals surface area contributed by atoms with Crippen molar-refractivity contribution < 1.29 is 26.3 Å². The van der Waals surface area contributed by atoms with Crippen molar-refractivity contribution in [1.29, 1.82) is 21.0 Å². The molecule has 0 saturated heterocycles. The second-order valence-corrected chi connectivity index (χ2v) is 7.30. The smallest absolute Gasteiger partial charge is 0.192 e. The zero-order chi connectivity index (χ0) is 26.7. The van der Waals surface area contributed by atoms with Gasteiger partial charge in [0.1, 0.15) is 35.4 Å². The van der Waals surface area contributed by atoms with E-state index in [2.05, 4.69) is 0 Å². The Kier molecular flexibility index (Phi) is 6.86. The molecule has 0 aromatic heterocycles. The molecule has 4 nitrogen and oxygen atoms in total. The molecule has 0 aliphatic heterocycles. The molecule has 0 bridgehead atoms. The minimum Gasteiger partial charge on any atom is -0.192 e. The molecule has 0 unspecified atom stereocenters. The van der Waals surface area contributed by atoms with E-state index in [0.29, 0.717) is 0 Å². The third kappa shape index (κ3) is 5.04. The molecule has 0 atom stereocenters. The summed E-state index contributed by atoms with van der Waals surface area (Å²) in [4.78, 5) is 0. The van der Waals surface area contributed by atoms with E-state index in [1.807, 2.05) is 0 Å². The van der Waals surface area contributed by atoms with Crippen molar-refractivity contribution in [2.24, 2.45) is 0 Å². The van der Waals surface area contributed by atoms with Gasteiger partial charge in [-0.2, -0.15) is 47.4 Å². The summed E-state index contributed by atoms with van der Waals surface area (Å²) in [6, 6.07) is 16.6. The Labute approximate surface area is 200 Å². The Morgan fingerprint density at radius 3 is 1.14 bits per heavy atom. The van der Waals surface area contributed by atoms with Crippen LogP contribution in [0.1, 0.15) is 11.1 Å². The fourth-order valence-electron chi connectivity index (χ4n) is 3.51. The van der Waals surface area contributed by atoms with Crippen LogP contribution in [0.2, 0.25) is 0 Å². The lowest BCUT2D eigenvalue weighted by atomic mass is 9.91. The Morgan fingerprint density at radius 1 is 0.528 bits per heavy atom. The number of benzene rings is 3. The highest BCUT2D eigenvalue weighted by molar-refractivity contribution is 5.85. The van der Waals surface area contributed by atoms with Gasteiger partial charge in [-0.15, -0.1) is 0 Å². The van der Waals surface area contributed by atoms with Crippen molar-refractivity contribution in [1.82, 2.24) is 0 Å². The Balaban J connectivity index is 2.57. The van der Waals surface area contributed by atoms with Gasteiger partial charge in [-0.25, -0.2) is 0 Å². The number of hydrogen-bond donors (Lipinski definition) is 0. The first-order valence-electron chi connectivity index (χ1n) is 9.83. The summed E-state index contributed by atoms with van der Waals surface area (Å²) >= 11 is 0. The standard InChI is InChI=1S/C26H10F6N4/c27-25(28,29)19-5-1-3-15(7-19)21-9-24(18(13-35)14-36)22(10-23(21)17(11-33)12-34)16-4-2-6-20(8-16)26(30,31)32/h1-10H. The zero-order valence-corrected chi connectivity index (χ0v) is 17.8. The van der Waals surface area contributed by atoms with Gasteiger partial charge in [0.05, 0.1) is 11.1 Å². The van der Waals surface area contributed by atoms with Crippen LogP contribution in [0.25, 0.3) is 33.4 Å². The zero-order valence-electron chi connectivity index (χ0n) is 17.8. The molecule has 10 heteroatoms. The molecule has 0 aliphatic carbocycles. The van der Waals surface area contributed by atoms with Gasteiger partial charge in [0, 0.05) is 10.4 Å². The van der Waals surface area contributed by atoms with Crippen LogP contribution in [0.3, 0.4) is 0 Å². The molecule has 0 saturated carbocycles. The van der Waals surface area contributed by atoms with Crippen molar-refractivity contribution in [2.45, 2.75) is 12.4 Å². The molecule has 176 valence electrons. The van der Waals surface area contributed by atoms with Crippen molar-refractivity contribution in [3.63, 3.8) is 0 Å². The van der Waals surface area contributed by atoms with Crippen LogP contribution in [0.5, 0.6) is 0 Å². The summed E-state index contributed by atoms with van der Waals surface area (Å²) in [5.74, 6) is 0. The van der Waals surface area contributed by atoms with Gasteiger partial charge < -0.3 is 0 Å². The van der Waals surface area contributed by atoms with E-state index in [1.165, 1.54) is 12.1 Å². The highest BCUT2D eigenvalue weighted by Crippen LogP contribution is 2.33. The number of hydrogen-bond acceptors (Lipinski definition) is 4. The topological polar surface area (TPSA) is 95.2 Å². The van der Waals surface area contributed by atoms with E-state index in [1.54, 1.807) is 24.3 Å². The molecule has 0 spiro atoms. The maximum Gasteiger partial charge on any atom is 0.416 e. The van der Waals surface area contributed by atoms with E-state index < -0.39 is 34.6 Å². The number of halogens is 6.